The molecule has 0 amide bonds. The summed E-state index contributed by atoms with van der Waals surface area (Å²) in [5, 5.41) is 17.0. The average Bonchev–Trinajstić information content (AvgIpc) is 2.76. The van der Waals surface area contributed by atoms with Gasteiger partial charge in [-0.2, -0.15) is 5.10 Å². The molecule has 0 aromatic heterocycles. The second-order valence-electron chi connectivity index (χ2n) is 7.63. The molecule has 2 aromatic rings. The van der Waals surface area contributed by atoms with Gasteiger partial charge in [0.15, 0.2) is 5.84 Å². The summed E-state index contributed by atoms with van der Waals surface area (Å²) in [6.45, 7) is 5.67. The number of aromatic hydroxyl groups is 1. The van der Waals surface area contributed by atoms with E-state index < -0.39 is 0 Å². The van der Waals surface area contributed by atoms with Crippen LogP contribution in [0.25, 0.3) is 0 Å². The predicted octanol–water partition coefficient (Wildman–Crippen LogP) is 3.81. The van der Waals surface area contributed by atoms with Crippen molar-refractivity contribution in [1.82, 2.24) is 9.91 Å². The Morgan fingerprint density at radius 3 is 2.35 bits per heavy atom. The second kappa shape index (κ2) is 10.9. The Morgan fingerprint density at radius 1 is 1.13 bits per heavy atom. The van der Waals surface area contributed by atoms with Crippen molar-refractivity contribution in [3.8, 4) is 5.75 Å². The van der Waals surface area contributed by atoms with Gasteiger partial charge in [0.1, 0.15) is 5.75 Å². The lowest BCUT2D eigenvalue weighted by molar-refractivity contribution is 0.214. The molecule has 168 valence electrons. The number of para-hydroxylation sites is 1. The fraction of sp³-hybridized carbons (Fsp3) is 0.409. The molecule has 5 N–H and O–H groups in total. The fourth-order valence-electron chi connectivity index (χ4n) is 3.96. The summed E-state index contributed by atoms with van der Waals surface area (Å²) in [6.07, 6.45) is 1.95. The molecule has 0 spiro atoms. The van der Waals surface area contributed by atoms with Crippen molar-refractivity contribution in [1.29, 1.82) is 0 Å². The maximum absolute atomic E-state index is 10.1. The van der Waals surface area contributed by atoms with Crippen LogP contribution in [0.15, 0.2) is 47.6 Å². The number of hydrazine groups is 1. The van der Waals surface area contributed by atoms with Gasteiger partial charge in [0.25, 0.3) is 0 Å². The minimum absolute atomic E-state index is 0.192. The van der Waals surface area contributed by atoms with Gasteiger partial charge in [0.2, 0.25) is 0 Å². The fourth-order valence-corrected chi connectivity index (χ4v) is 4.59. The lowest BCUT2D eigenvalue weighted by Crippen LogP contribution is -2.53. The molecule has 1 saturated heterocycles. The SMILES string of the molecule is CCCCN(N)/C(=N\N)C(c1cccc(O)c1)N1CCN(c2c(Cl)cccc2Cl)CC1. The topological polar surface area (TPSA) is 94.3 Å². The highest BCUT2D eigenvalue weighted by Crippen LogP contribution is 2.35. The third kappa shape index (κ3) is 5.54. The van der Waals surface area contributed by atoms with Crippen molar-refractivity contribution >= 4 is 34.7 Å². The number of amidine groups is 1. The number of phenols is 1. The molecule has 3 rings (SSSR count). The Morgan fingerprint density at radius 2 is 1.77 bits per heavy atom. The van der Waals surface area contributed by atoms with Crippen LogP contribution >= 0.6 is 23.2 Å². The normalized spacial score (nSPS) is 16.4. The molecule has 1 aliphatic heterocycles. The highest BCUT2D eigenvalue weighted by atomic mass is 35.5. The molecule has 1 fully saturated rings. The van der Waals surface area contributed by atoms with E-state index in [0.29, 0.717) is 22.4 Å². The van der Waals surface area contributed by atoms with Crippen LogP contribution in [0.1, 0.15) is 31.4 Å². The largest absolute Gasteiger partial charge is 0.508 e. The Kier molecular flexibility index (Phi) is 8.26. The van der Waals surface area contributed by atoms with E-state index in [-0.39, 0.29) is 11.8 Å². The van der Waals surface area contributed by atoms with Gasteiger partial charge in [-0.3, -0.25) is 9.91 Å². The number of rotatable bonds is 7. The third-order valence-electron chi connectivity index (χ3n) is 5.54. The number of piperazine rings is 1. The quantitative estimate of drug-likeness (QED) is 0.249. The molecule has 7 nitrogen and oxygen atoms in total. The van der Waals surface area contributed by atoms with E-state index in [1.807, 2.05) is 30.3 Å². The summed E-state index contributed by atoms with van der Waals surface area (Å²) in [5.41, 5.74) is 1.75. The van der Waals surface area contributed by atoms with Gasteiger partial charge in [0, 0.05) is 32.7 Å². The van der Waals surface area contributed by atoms with Crippen molar-refractivity contribution in [2.24, 2.45) is 16.8 Å². The molecule has 1 atom stereocenters. The van der Waals surface area contributed by atoms with Gasteiger partial charge in [-0.05, 0) is 36.2 Å². The van der Waals surface area contributed by atoms with Crippen LogP contribution in [0.4, 0.5) is 5.69 Å². The van der Waals surface area contributed by atoms with Gasteiger partial charge < -0.3 is 15.8 Å². The van der Waals surface area contributed by atoms with Crippen LogP contribution in [0, 0.1) is 0 Å². The molecular formula is C22H30Cl2N6O. The molecule has 9 heteroatoms. The number of hydrogen-bond donors (Lipinski definition) is 3. The summed E-state index contributed by atoms with van der Waals surface area (Å²) in [6, 6.07) is 12.4. The first-order valence-corrected chi connectivity index (χ1v) is 11.2. The first kappa shape index (κ1) is 23.5. The molecular weight excluding hydrogens is 435 g/mol. The van der Waals surface area contributed by atoms with Crippen molar-refractivity contribution in [3.63, 3.8) is 0 Å². The zero-order chi connectivity index (χ0) is 22.4. The number of benzene rings is 2. The lowest BCUT2D eigenvalue weighted by Gasteiger charge is -2.42. The van der Waals surface area contributed by atoms with E-state index in [9.17, 15) is 5.11 Å². The summed E-state index contributed by atoms with van der Waals surface area (Å²) in [5.74, 6) is 12.9. The first-order chi connectivity index (χ1) is 15.0. The number of phenolic OH excluding ortho intramolecular Hbond substituents is 1. The maximum atomic E-state index is 10.1. The molecule has 1 aliphatic rings. The number of halogens is 2. The molecule has 1 heterocycles. The number of nitrogens with two attached hydrogens (primary N) is 2. The van der Waals surface area contributed by atoms with E-state index in [0.717, 1.165) is 50.3 Å². The summed E-state index contributed by atoms with van der Waals surface area (Å²) >= 11 is 12.8. The Labute approximate surface area is 193 Å². The molecule has 0 bridgehead atoms. The molecule has 0 saturated carbocycles. The van der Waals surface area contributed by atoms with Gasteiger partial charge >= 0.3 is 0 Å². The van der Waals surface area contributed by atoms with Gasteiger partial charge in [-0.25, -0.2) is 5.84 Å². The molecule has 0 aliphatic carbocycles. The summed E-state index contributed by atoms with van der Waals surface area (Å²) in [7, 11) is 0. The van der Waals surface area contributed by atoms with Crippen molar-refractivity contribution in [2.45, 2.75) is 25.8 Å². The highest BCUT2D eigenvalue weighted by molar-refractivity contribution is 6.39. The smallest absolute Gasteiger partial charge is 0.160 e. The van der Waals surface area contributed by atoms with E-state index in [1.54, 1.807) is 17.1 Å². The van der Waals surface area contributed by atoms with E-state index in [4.69, 9.17) is 34.9 Å². The van der Waals surface area contributed by atoms with Crippen LogP contribution in [0.5, 0.6) is 5.75 Å². The average molecular weight is 465 g/mol. The number of hydrazone groups is 1. The van der Waals surface area contributed by atoms with Gasteiger partial charge in [-0.1, -0.05) is 54.7 Å². The monoisotopic (exact) mass is 464 g/mol. The first-order valence-electron chi connectivity index (χ1n) is 10.5. The second-order valence-corrected chi connectivity index (χ2v) is 8.44. The predicted molar refractivity (Wildman–Crippen MR) is 129 cm³/mol. The number of nitrogens with zero attached hydrogens (tertiary/aromatic N) is 4. The molecule has 0 radical (unpaired) electrons. The summed E-state index contributed by atoms with van der Waals surface area (Å²) in [4.78, 5) is 4.46. The molecule has 31 heavy (non-hydrogen) atoms. The summed E-state index contributed by atoms with van der Waals surface area (Å²) < 4.78 is 0. The van der Waals surface area contributed by atoms with Crippen LogP contribution in [0.3, 0.4) is 0 Å². The standard InChI is InChI=1S/C22H30Cl2N6O/c1-2-3-10-30(26)22(27-25)20(16-6-4-7-17(31)15-16)28-11-13-29(14-12-28)21-18(23)8-5-9-19(21)24/h4-9,15,20,31H,2-3,10-14,25-26H2,1H3/b27-22-. The number of hydrogen-bond acceptors (Lipinski definition) is 6. The Balaban J connectivity index is 1.85. The number of anilines is 1. The van der Waals surface area contributed by atoms with Gasteiger partial charge in [-0.15, -0.1) is 0 Å². The Bertz CT molecular complexity index is 881. The van der Waals surface area contributed by atoms with Crippen LogP contribution in [-0.2, 0) is 0 Å². The number of unbranched alkanes of at least 4 members (excludes halogenated alkanes) is 1. The zero-order valence-corrected chi connectivity index (χ0v) is 19.2. The third-order valence-corrected chi connectivity index (χ3v) is 6.15. The van der Waals surface area contributed by atoms with Crippen LogP contribution < -0.4 is 16.6 Å². The van der Waals surface area contributed by atoms with Crippen molar-refractivity contribution in [2.75, 3.05) is 37.6 Å². The lowest BCUT2D eigenvalue weighted by atomic mass is 10.0. The maximum Gasteiger partial charge on any atom is 0.160 e. The van der Waals surface area contributed by atoms with Crippen LogP contribution in [-0.4, -0.2) is 53.6 Å². The van der Waals surface area contributed by atoms with Crippen molar-refractivity contribution in [3.05, 3.63) is 58.1 Å². The highest BCUT2D eigenvalue weighted by Gasteiger charge is 2.32. The minimum atomic E-state index is -0.275. The molecule has 2 aromatic carbocycles. The van der Waals surface area contributed by atoms with E-state index in [2.05, 4.69) is 21.8 Å². The Hall–Kier alpha value is -2.19. The molecule has 1 unspecified atom stereocenters. The van der Waals surface area contributed by atoms with Gasteiger partial charge in [0.05, 0.1) is 21.8 Å². The van der Waals surface area contributed by atoms with Crippen LogP contribution in [0.2, 0.25) is 10.0 Å². The zero-order valence-electron chi connectivity index (χ0n) is 17.7. The van der Waals surface area contributed by atoms with E-state index in [1.165, 1.54) is 0 Å². The minimum Gasteiger partial charge on any atom is -0.508 e. The van der Waals surface area contributed by atoms with Crippen molar-refractivity contribution < 1.29 is 5.11 Å². The van der Waals surface area contributed by atoms with E-state index >= 15 is 0 Å².